The molecule has 0 bridgehead atoms. The summed E-state index contributed by atoms with van der Waals surface area (Å²) >= 11 is 0. The third-order valence-corrected chi connectivity index (χ3v) is 4.20. The molecular formula is C21H24N2O3. The van der Waals surface area contributed by atoms with Crippen LogP contribution in [-0.4, -0.2) is 29.9 Å². The molecule has 0 radical (unpaired) electrons. The topological polar surface area (TPSA) is 58.6 Å². The molecular weight excluding hydrogens is 328 g/mol. The van der Waals surface area contributed by atoms with Crippen LogP contribution in [0.4, 0.5) is 5.69 Å². The highest BCUT2D eigenvalue weighted by atomic mass is 16.5. The van der Waals surface area contributed by atoms with Crippen molar-refractivity contribution in [2.24, 2.45) is 5.92 Å². The van der Waals surface area contributed by atoms with Gasteiger partial charge < -0.3 is 15.0 Å². The molecule has 0 unspecified atom stereocenters. The summed E-state index contributed by atoms with van der Waals surface area (Å²) in [5.74, 6) is 1.00. The molecule has 26 heavy (non-hydrogen) atoms. The van der Waals surface area contributed by atoms with Crippen LogP contribution in [-0.2, 0) is 22.6 Å². The number of ether oxygens (including phenoxy) is 1. The number of rotatable bonds is 5. The molecule has 1 heterocycles. The third-order valence-electron chi connectivity index (χ3n) is 4.20. The van der Waals surface area contributed by atoms with Gasteiger partial charge in [0.15, 0.2) is 6.61 Å². The fourth-order valence-electron chi connectivity index (χ4n) is 3.04. The molecule has 0 aromatic heterocycles. The maximum Gasteiger partial charge on any atom is 0.260 e. The molecule has 0 aliphatic carbocycles. The molecule has 3 rings (SSSR count). The van der Waals surface area contributed by atoms with Gasteiger partial charge in [-0.15, -0.1) is 0 Å². The number of carbonyl (C=O) groups excluding carboxylic acids is 2. The van der Waals surface area contributed by atoms with Crippen molar-refractivity contribution >= 4 is 17.5 Å². The Balaban J connectivity index is 1.71. The van der Waals surface area contributed by atoms with E-state index < -0.39 is 0 Å². The van der Waals surface area contributed by atoms with Crippen LogP contribution in [0.1, 0.15) is 25.0 Å². The molecule has 2 aromatic carbocycles. The maximum atomic E-state index is 12.3. The summed E-state index contributed by atoms with van der Waals surface area (Å²) in [6.07, 6.45) is 0.326. The van der Waals surface area contributed by atoms with E-state index in [4.69, 9.17) is 4.74 Å². The van der Waals surface area contributed by atoms with Gasteiger partial charge in [0.2, 0.25) is 5.91 Å². The van der Waals surface area contributed by atoms with Crippen molar-refractivity contribution < 1.29 is 14.3 Å². The molecule has 5 nitrogen and oxygen atoms in total. The van der Waals surface area contributed by atoms with Gasteiger partial charge in [-0.05, 0) is 29.7 Å². The molecule has 0 atom stereocenters. The zero-order valence-electron chi connectivity index (χ0n) is 15.2. The van der Waals surface area contributed by atoms with Gasteiger partial charge in [-0.3, -0.25) is 9.59 Å². The normalized spacial score (nSPS) is 13.8. The van der Waals surface area contributed by atoms with E-state index in [1.165, 1.54) is 0 Å². The highest BCUT2D eigenvalue weighted by Gasteiger charge is 2.22. The van der Waals surface area contributed by atoms with Gasteiger partial charge >= 0.3 is 0 Å². The van der Waals surface area contributed by atoms with Gasteiger partial charge in [-0.1, -0.05) is 44.2 Å². The number of hydrogen-bond donors (Lipinski definition) is 1. The first kappa shape index (κ1) is 18.0. The number of carbonyl (C=O) groups is 2. The lowest BCUT2D eigenvalue weighted by atomic mass is 10.1. The predicted molar refractivity (Wildman–Crippen MR) is 101 cm³/mol. The minimum absolute atomic E-state index is 0.00966. The molecule has 2 aromatic rings. The quantitative estimate of drug-likeness (QED) is 0.899. The number of hydrogen-bond acceptors (Lipinski definition) is 3. The molecule has 0 saturated carbocycles. The van der Waals surface area contributed by atoms with Gasteiger partial charge in [0.1, 0.15) is 5.75 Å². The SMILES string of the molecule is CC(C)CN1Cc2cc(NC(=O)Cc3ccccc3)ccc2OCC1=O. The smallest absolute Gasteiger partial charge is 0.260 e. The number of amides is 2. The summed E-state index contributed by atoms with van der Waals surface area (Å²) in [6.45, 7) is 5.40. The predicted octanol–water partition coefficient (Wildman–Crippen LogP) is 3.24. The molecule has 1 N–H and O–H groups in total. The minimum atomic E-state index is -0.0687. The first-order valence-electron chi connectivity index (χ1n) is 8.88. The molecule has 1 aliphatic heterocycles. The van der Waals surface area contributed by atoms with Crippen molar-refractivity contribution in [3.8, 4) is 5.75 Å². The summed E-state index contributed by atoms with van der Waals surface area (Å²) in [5, 5.41) is 2.93. The van der Waals surface area contributed by atoms with E-state index in [-0.39, 0.29) is 18.4 Å². The van der Waals surface area contributed by atoms with Gasteiger partial charge in [0.05, 0.1) is 6.42 Å². The van der Waals surface area contributed by atoms with Gasteiger partial charge in [0.25, 0.3) is 5.91 Å². The molecule has 136 valence electrons. The Labute approximate surface area is 154 Å². The van der Waals surface area contributed by atoms with Crippen LogP contribution in [0, 0.1) is 5.92 Å². The lowest BCUT2D eigenvalue weighted by Gasteiger charge is -2.22. The Morgan fingerprint density at radius 3 is 2.69 bits per heavy atom. The van der Waals surface area contributed by atoms with Crippen molar-refractivity contribution in [1.82, 2.24) is 4.90 Å². The van der Waals surface area contributed by atoms with Crippen LogP contribution in [0.25, 0.3) is 0 Å². The van der Waals surface area contributed by atoms with Crippen LogP contribution >= 0.6 is 0 Å². The van der Waals surface area contributed by atoms with Gasteiger partial charge in [-0.25, -0.2) is 0 Å². The minimum Gasteiger partial charge on any atom is -0.483 e. The van der Waals surface area contributed by atoms with Crippen molar-refractivity contribution in [3.05, 3.63) is 59.7 Å². The van der Waals surface area contributed by atoms with Crippen molar-refractivity contribution in [3.63, 3.8) is 0 Å². The lowest BCUT2D eigenvalue weighted by molar-refractivity contribution is -0.133. The standard InChI is InChI=1S/C21H24N2O3/c1-15(2)12-23-13-17-11-18(8-9-19(17)26-14-21(23)25)22-20(24)10-16-6-4-3-5-7-16/h3-9,11,15H,10,12-14H2,1-2H3,(H,22,24). The summed E-state index contributed by atoms with van der Waals surface area (Å²) in [5.41, 5.74) is 2.60. The van der Waals surface area contributed by atoms with Gasteiger partial charge in [0, 0.05) is 24.3 Å². The number of benzene rings is 2. The zero-order chi connectivity index (χ0) is 18.5. The second-order valence-corrected chi connectivity index (χ2v) is 6.99. The summed E-state index contributed by atoms with van der Waals surface area (Å²) in [4.78, 5) is 26.3. The monoisotopic (exact) mass is 352 g/mol. The van der Waals surface area contributed by atoms with Crippen LogP contribution in [0.2, 0.25) is 0 Å². The van der Waals surface area contributed by atoms with Crippen LogP contribution in [0.15, 0.2) is 48.5 Å². The Bertz CT molecular complexity index is 787. The molecule has 0 spiro atoms. The van der Waals surface area contributed by atoms with Crippen molar-refractivity contribution in [2.75, 3.05) is 18.5 Å². The van der Waals surface area contributed by atoms with E-state index >= 15 is 0 Å². The summed E-state index contributed by atoms with van der Waals surface area (Å²) in [7, 11) is 0. The van der Waals surface area contributed by atoms with E-state index in [1.54, 1.807) is 0 Å². The first-order valence-corrected chi connectivity index (χ1v) is 8.88. The van der Waals surface area contributed by atoms with Crippen LogP contribution in [0.3, 0.4) is 0 Å². The highest BCUT2D eigenvalue weighted by molar-refractivity contribution is 5.92. The number of nitrogens with one attached hydrogen (secondary N) is 1. The highest BCUT2D eigenvalue weighted by Crippen LogP contribution is 2.27. The van der Waals surface area contributed by atoms with Crippen LogP contribution < -0.4 is 10.1 Å². The van der Waals surface area contributed by atoms with Crippen molar-refractivity contribution in [1.29, 1.82) is 0 Å². The largest absolute Gasteiger partial charge is 0.483 e. The first-order chi connectivity index (χ1) is 12.5. The van der Waals surface area contributed by atoms with E-state index in [0.717, 1.165) is 11.1 Å². The van der Waals surface area contributed by atoms with E-state index in [9.17, 15) is 9.59 Å². The lowest BCUT2D eigenvalue weighted by Crippen LogP contribution is -2.35. The Kier molecular flexibility index (Phi) is 5.56. The average Bonchev–Trinajstić information content (AvgIpc) is 2.74. The van der Waals surface area contributed by atoms with Gasteiger partial charge in [-0.2, -0.15) is 0 Å². The summed E-state index contributed by atoms with van der Waals surface area (Å²) < 4.78 is 5.62. The third kappa shape index (κ3) is 4.63. The molecule has 2 amide bonds. The Morgan fingerprint density at radius 2 is 1.96 bits per heavy atom. The Morgan fingerprint density at radius 1 is 1.19 bits per heavy atom. The maximum absolute atomic E-state index is 12.3. The number of anilines is 1. The van der Waals surface area contributed by atoms with E-state index in [1.807, 2.05) is 53.4 Å². The fourth-order valence-corrected chi connectivity index (χ4v) is 3.04. The van der Waals surface area contributed by atoms with E-state index in [0.29, 0.717) is 36.9 Å². The second-order valence-electron chi connectivity index (χ2n) is 6.99. The number of nitrogens with zero attached hydrogens (tertiary/aromatic N) is 1. The average molecular weight is 352 g/mol. The number of fused-ring (bicyclic) bond motifs is 1. The van der Waals surface area contributed by atoms with E-state index in [2.05, 4.69) is 19.2 Å². The molecule has 0 fully saturated rings. The van der Waals surface area contributed by atoms with Crippen molar-refractivity contribution in [2.45, 2.75) is 26.8 Å². The fraction of sp³-hybridized carbons (Fsp3) is 0.333. The second kappa shape index (κ2) is 8.04. The molecule has 0 saturated heterocycles. The zero-order valence-corrected chi connectivity index (χ0v) is 15.2. The summed E-state index contributed by atoms with van der Waals surface area (Å²) in [6, 6.07) is 15.1. The molecule has 1 aliphatic rings. The Hall–Kier alpha value is -2.82. The molecule has 5 heteroatoms. The van der Waals surface area contributed by atoms with Crippen LogP contribution in [0.5, 0.6) is 5.75 Å².